The van der Waals surface area contributed by atoms with Gasteiger partial charge in [0.25, 0.3) is 11.8 Å². The Morgan fingerprint density at radius 2 is 1.44 bits per heavy atom. The number of para-hydroxylation sites is 1. The number of amides is 2. The van der Waals surface area contributed by atoms with Crippen molar-refractivity contribution in [2.75, 3.05) is 30.8 Å². The third kappa shape index (κ3) is 5.65. The standard InChI is InChI=1S/C18H19F2N3O2/c1-12-6-8-13(9-7-12)21-16(24)10-23(2)11-17(25)22-18-14(19)4-3-5-15(18)20/h3-9H,10-11H2,1-2H3,(H,21,24)(H,22,25)/p+1. The Morgan fingerprint density at radius 1 is 0.920 bits per heavy atom. The van der Waals surface area contributed by atoms with E-state index in [1.54, 1.807) is 19.2 Å². The first-order chi connectivity index (χ1) is 11.8. The van der Waals surface area contributed by atoms with Crippen LogP contribution in [0.25, 0.3) is 0 Å². The SMILES string of the molecule is Cc1ccc(NC(=O)C[NH+](C)CC(=O)Nc2c(F)cccc2F)cc1. The number of likely N-dealkylation sites (N-methyl/N-ethyl adjacent to an activating group) is 1. The molecule has 1 unspecified atom stereocenters. The number of aryl methyl sites for hydroxylation is 1. The van der Waals surface area contributed by atoms with E-state index in [2.05, 4.69) is 10.6 Å². The Morgan fingerprint density at radius 3 is 2.00 bits per heavy atom. The van der Waals surface area contributed by atoms with Gasteiger partial charge in [-0.05, 0) is 31.2 Å². The molecule has 2 rings (SSSR count). The summed E-state index contributed by atoms with van der Waals surface area (Å²) in [5.41, 5.74) is 1.27. The van der Waals surface area contributed by atoms with Crippen molar-refractivity contribution >= 4 is 23.2 Å². The van der Waals surface area contributed by atoms with Crippen LogP contribution in [0.1, 0.15) is 5.56 Å². The van der Waals surface area contributed by atoms with Gasteiger partial charge in [0.1, 0.15) is 17.3 Å². The smallest absolute Gasteiger partial charge is 0.279 e. The maximum atomic E-state index is 13.5. The molecule has 7 heteroatoms. The molecule has 0 fully saturated rings. The minimum Gasteiger partial charge on any atom is -0.322 e. The number of quaternary nitrogens is 1. The summed E-state index contributed by atoms with van der Waals surface area (Å²) in [7, 11) is 1.64. The van der Waals surface area contributed by atoms with E-state index in [-0.39, 0.29) is 19.0 Å². The highest BCUT2D eigenvalue weighted by Gasteiger charge is 2.17. The van der Waals surface area contributed by atoms with Crippen molar-refractivity contribution in [1.82, 2.24) is 0 Å². The second-order valence-corrected chi connectivity index (χ2v) is 5.87. The topological polar surface area (TPSA) is 62.6 Å². The van der Waals surface area contributed by atoms with Crippen LogP contribution < -0.4 is 15.5 Å². The summed E-state index contributed by atoms with van der Waals surface area (Å²) in [6, 6.07) is 10.7. The molecule has 0 aliphatic carbocycles. The van der Waals surface area contributed by atoms with E-state index in [1.165, 1.54) is 6.07 Å². The first kappa shape index (κ1) is 18.5. The van der Waals surface area contributed by atoms with Gasteiger partial charge in [0.15, 0.2) is 13.1 Å². The zero-order valence-corrected chi connectivity index (χ0v) is 14.0. The van der Waals surface area contributed by atoms with E-state index in [0.29, 0.717) is 10.6 Å². The van der Waals surface area contributed by atoms with Crippen LogP contribution in [0.3, 0.4) is 0 Å². The molecule has 3 N–H and O–H groups in total. The summed E-state index contributed by atoms with van der Waals surface area (Å²) in [6.07, 6.45) is 0. The highest BCUT2D eigenvalue weighted by Crippen LogP contribution is 2.17. The zero-order chi connectivity index (χ0) is 18.4. The molecule has 2 aromatic rings. The summed E-state index contributed by atoms with van der Waals surface area (Å²) in [6.45, 7) is 1.89. The Balaban J connectivity index is 1.84. The normalized spacial score (nSPS) is 11.7. The Bertz CT molecular complexity index is 743. The quantitative estimate of drug-likeness (QED) is 0.738. The Hall–Kier alpha value is -2.80. The number of anilines is 2. The number of halogens is 2. The number of carbonyl (C=O) groups excluding carboxylic acids is 2. The van der Waals surface area contributed by atoms with Gasteiger partial charge in [-0.2, -0.15) is 0 Å². The van der Waals surface area contributed by atoms with Crippen LogP contribution in [0.4, 0.5) is 20.2 Å². The van der Waals surface area contributed by atoms with E-state index in [4.69, 9.17) is 0 Å². The molecule has 2 aromatic carbocycles. The minimum atomic E-state index is -0.844. The maximum Gasteiger partial charge on any atom is 0.279 e. The van der Waals surface area contributed by atoms with Crippen LogP contribution in [-0.2, 0) is 9.59 Å². The average Bonchev–Trinajstić information content (AvgIpc) is 2.53. The molecule has 0 saturated heterocycles. The van der Waals surface area contributed by atoms with E-state index >= 15 is 0 Å². The van der Waals surface area contributed by atoms with E-state index in [9.17, 15) is 18.4 Å². The second kappa shape index (κ2) is 8.34. The van der Waals surface area contributed by atoms with Crippen LogP contribution in [-0.4, -0.2) is 32.0 Å². The molecule has 0 aliphatic rings. The third-order valence-electron chi connectivity index (χ3n) is 3.49. The van der Waals surface area contributed by atoms with Crippen LogP contribution >= 0.6 is 0 Å². The predicted octanol–water partition coefficient (Wildman–Crippen LogP) is 1.37. The number of rotatable bonds is 6. The van der Waals surface area contributed by atoms with Gasteiger partial charge >= 0.3 is 0 Å². The number of hydrogen-bond acceptors (Lipinski definition) is 2. The van der Waals surface area contributed by atoms with Crippen LogP contribution in [0.2, 0.25) is 0 Å². The summed E-state index contributed by atoms with van der Waals surface area (Å²) in [5, 5.41) is 4.93. The Labute approximate surface area is 144 Å². The number of hydrogen-bond donors (Lipinski definition) is 3. The second-order valence-electron chi connectivity index (χ2n) is 5.87. The average molecular weight is 348 g/mol. The van der Waals surface area contributed by atoms with Crippen LogP contribution in [0.15, 0.2) is 42.5 Å². The largest absolute Gasteiger partial charge is 0.322 e. The van der Waals surface area contributed by atoms with Crippen molar-refractivity contribution in [2.24, 2.45) is 0 Å². The van der Waals surface area contributed by atoms with E-state index in [0.717, 1.165) is 17.7 Å². The molecule has 0 bridgehead atoms. The lowest BCUT2D eigenvalue weighted by Gasteiger charge is -2.14. The molecule has 0 aromatic heterocycles. The molecule has 0 heterocycles. The van der Waals surface area contributed by atoms with E-state index in [1.807, 2.05) is 19.1 Å². The van der Waals surface area contributed by atoms with Gasteiger partial charge in [-0.15, -0.1) is 0 Å². The third-order valence-corrected chi connectivity index (χ3v) is 3.49. The van der Waals surface area contributed by atoms with Gasteiger partial charge in [0.05, 0.1) is 7.05 Å². The van der Waals surface area contributed by atoms with Crippen molar-refractivity contribution in [3.63, 3.8) is 0 Å². The molecule has 5 nitrogen and oxygen atoms in total. The Kier molecular flexibility index (Phi) is 6.19. The van der Waals surface area contributed by atoms with E-state index < -0.39 is 23.2 Å². The monoisotopic (exact) mass is 348 g/mol. The van der Waals surface area contributed by atoms with Gasteiger partial charge in [0.2, 0.25) is 0 Å². The van der Waals surface area contributed by atoms with Crippen molar-refractivity contribution in [3.05, 3.63) is 59.7 Å². The fourth-order valence-electron chi connectivity index (χ4n) is 2.25. The van der Waals surface area contributed by atoms with Crippen LogP contribution in [0.5, 0.6) is 0 Å². The molecular formula is C18H20F2N3O2+. The van der Waals surface area contributed by atoms with Crippen molar-refractivity contribution in [2.45, 2.75) is 6.92 Å². The van der Waals surface area contributed by atoms with Crippen molar-refractivity contribution in [1.29, 1.82) is 0 Å². The van der Waals surface area contributed by atoms with Crippen molar-refractivity contribution in [3.8, 4) is 0 Å². The number of carbonyl (C=O) groups is 2. The fourth-order valence-corrected chi connectivity index (χ4v) is 2.25. The van der Waals surface area contributed by atoms with Gasteiger partial charge < -0.3 is 15.5 Å². The zero-order valence-electron chi connectivity index (χ0n) is 14.0. The molecule has 25 heavy (non-hydrogen) atoms. The molecule has 0 saturated carbocycles. The summed E-state index contributed by atoms with van der Waals surface area (Å²) < 4.78 is 27.0. The van der Waals surface area contributed by atoms with Crippen molar-refractivity contribution < 1.29 is 23.3 Å². The molecule has 2 amide bonds. The lowest BCUT2D eigenvalue weighted by Crippen LogP contribution is -3.11. The van der Waals surface area contributed by atoms with Crippen LogP contribution in [0, 0.1) is 18.6 Å². The maximum absolute atomic E-state index is 13.5. The molecular weight excluding hydrogens is 328 g/mol. The summed E-state index contributed by atoms with van der Waals surface area (Å²) in [4.78, 5) is 24.5. The molecule has 0 radical (unpaired) electrons. The minimum absolute atomic E-state index is 0.0427. The summed E-state index contributed by atoms with van der Waals surface area (Å²) >= 11 is 0. The highest BCUT2D eigenvalue weighted by atomic mass is 19.1. The molecule has 132 valence electrons. The number of nitrogens with one attached hydrogen (secondary N) is 3. The van der Waals surface area contributed by atoms with Gasteiger partial charge in [0, 0.05) is 5.69 Å². The number of benzene rings is 2. The predicted molar refractivity (Wildman–Crippen MR) is 91.4 cm³/mol. The molecule has 1 atom stereocenters. The fraction of sp³-hybridized carbons (Fsp3) is 0.222. The van der Waals surface area contributed by atoms with Gasteiger partial charge in [-0.3, -0.25) is 9.59 Å². The molecule has 0 spiro atoms. The first-order valence-electron chi connectivity index (χ1n) is 7.77. The lowest BCUT2D eigenvalue weighted by atomic mass is 10.2. The first-order valence-corrected chi connectivity index (χ1v) is 7.77. The summed E-state index contributed by atoms with van der Waals surface area (Å²) in [5.74, 6) is -2.53. The van der Waals surface area contributed by atoms with Gasteiger partial charge in [-0.25, -0.2) is 8.78 Å². The molecule has 0 aliphatic heterocycles. The lowest BCUT2D eigenvalue weighted by molar-refractivity contribution is -0.862. The van der Waals surface area contributed by atoms with Gasteiger partial charge in [-0.1, -0.05) is 23.8 Å². The highest BCUT2D eigenvalue weighted by molar-refractivity contribution is 5.93.